The molecule has 0 radical (unpaired) electrons. The number of aromatic nitrogens is 4. The maximum absolute atomic E-state index is 15.7. The Balaban J connectivity index is 1.80. The summed E-state index contributed by atoms with van der Waals surface area (Å²) in [6, 6.07) is 9.78. The third-order valence-electron chi connectivity index (χ3n) is 5.33. The van der Waals surface area contributed by atoms with E-state index in [2.05, 4.69) is 19.9 Å². The summed E-state index contributed by atoms with van der Waals surface area (Å²) in [5, 5.41) is 0. The summed E-state index contributed by atoms with van der Waals surface area (Å²) in [5.74, 6) is -1.11. The summed E-state index contributed by atoms with van der Waals surface area (Å²) in [5.41, 5.74) is 1.83. The van der Waals surface area contributed by atoms with Crippen LogP contribution in [0.25, 0.3) is 22.8 Å². The molecule has 7 heteroatoms. The molecule has 0 aliphatic carbocycles. The Morgan fingerprint density at radius 2 is 1.06 bits per heavy atom. The average molecular weight is 471 g/mol. The van der Waals surface area contributed by atoms with Crippen molar-refractivity contribution in [3.8, 4) is 34.3 Å². The van der Waals surface area contributed by atoms with Crippen LogP contribution in [-0.2, 0) is 12.8 Å². The highest BCUT2D eigenvalue weighted by atomic mass is 19.1. The van der Waals surface area contributed by atoms with Crippen LogP contribution in [0.5, 0.6) is 11.5 Å². The van der Waals surface area contributed by atoms with Crippen LogP contribution in [0.3, 0.4) is 0 Å². The highest BCUT2D eigenvalue weighted by Gasteiger charge is 2.22. The molecule has 0 N–H and O–H groups in total. The van der Waals surface area contributed by atoms with E-state index >= 15 is 8.78 Å². The second kappa shape index (κ2) is 11.2. The van der Waals surface area contributed by atoms with E-state index in [9.17, 15) is 0 Å². The number of benzene rings is 2. The molecule has 0 atom stereocenters. The Labute approximate surface area is 202 Å². The second-order valence-corrected chi connectivity index (χ2v) is 7.62. The number of rotatable bonds is 8. The molecular formula is C28H24F2N4O. The number of halogens is 2. The van der Waals surface area contributed by atoms with E-state index in [-0.39, 0.29) is 34.3 Å². The minimum Gasteiger partial charge on any atom is -0.451 e. The molecule has 0 bridgehead atoms. The summed E-state index contributed by atoms with van der Waals surface area (Å²) in [7, 11) is 0. The lowest BCUT2D eigenvalue weighted by atomic mass is 10.0. The highest BCUT2D eigenvalue weighted by molar-refractivity contribution is 5.66. The molecule has 4 aromatic rings. The topological polar surface area (TPSA) is 60.8 Å². The SMILES string of the molecule is CC=CCc1ccc(Oc2ccc(CC=CC)c(-c3ncccn3)c2F)c(F)c1-c1ncccn1. The maximum Gasteiger partial charge on any atom is 0.177 e. The van der Waals surface area contributed by atoms with Crippen molar-refractivity contribution in [2.75, 3.05) is 0 Å². The number of hydrogen-bond acceptors (Lipinski definition) is 5. The van der Waals surface area contributed by atoms with E-state index < -0.39 is 11.6 Å². The molecule has 0 aliphatic rings. The fraction of sp³-hybridized carbons (Fsp3) is 0.143. The number of allylic oxidation sites excluding steroid dienone is 4. The van der Waals surface area contributed by atoms with Gasteiger partial charge in [-0.15, -0.1) is 0 Å². The quantitative estimate of drug-likeness (QED) is 0.262. The van der Waals surface area contributed by atoms with Crippen molar-refractivity contribution >= 4 is 0 Å². The third kappa shape index (κ3) is 5.30. The van der Waals surface area contributed by atoms with E-state index in [1.54, 1.807) is 49.1 Å². The normalized spacial score (nSPS) is 11.4. The van der Waals surface area contributed by atoms with Crippen molar-refractivity contribution in [2.45, 2.75) is 26.7 Å². The van der Waals surface area contributed by atoms with Crippen LogP contribution >= 0.6 is 0 Å². The standard InChI is InChI=1S/C28H24F2N4O/c1-3-5-9-19-11-13-21(25(29)23(19)27-31-15-7-16-32-27)35-22-14-12-20(10-6-4-2)24(26(22)30)28-33-17-8-18-34-28/h3-8,11-18H,9-10H2,1-2H3. The van der Waals surface area contributed by atoms with Crippen LogP contribution in [-0.4, -0.2) is 19.9 Å². The predicted octanol–water partition coefficient (Wildman–Crippen LogP) is 6.91. The van der Waals surface area contributed by atoms with Crippen molar-refractivity contribution in [3.05, 3.63) is 108 Å². The van der Waals surface area contributed by atoms with Crippen LogP contribution in [0.4, 0.5) is 8.78 Å². The zero-order valence-corrected chi connectivity index (χ0v) is 19.5. The first-order valence-corrected chi connectivity index (χ1v) is 11.2. The minimum atomic E-state index is -0.659. The van der Waals surface area contributed by atoms with E-state index in [1.165, 1.54) is 12.1 Å². The first-order valence-electron chi connectivity index (χ1n) is 11.2. The first kappa shape index (κ1) is 23.9. The number of ether oxygens (including phenoxy) is 1. The van der Waals surface area contributed by atoms with Crippen LogP contribution < -0.4 is 4.74 Å². The lowest BCUT2D eigenvalue weighted by Crippen LogP contribution is -2.02. The molecule has 0 amide bonds. The van der Waals surface area contributed by atoms with Gasteiger partial charge in [-0.2, -0.15) is 0 Å². The highest BCUT2D eigenvalue weighted by Crippen LogP contribution is 2.37. The van der Waals surface area contributed by atoms with Gasteiger partial charge in [-0.25, -0.2) is 28.7 Å². The smallest absolute Gasteiger partial charge is 0.177 e. The zero-order valence-electron chi connectivity index (χ0n) is 19.5. The van der Waals surface area contributed by atoms with E-state index in [0.29, 0.717) is 24.0 Å². The molecule has 176 valence electrons. The molecule has 35 heavy (non-hydrogen) atoms. The van der Waals surface area contributed by atoms with Gasteiger partial charge in [-0.05, 0) is 62.1 Å². The second-order valence-electron chi connectivity index (χ2n) is 7.62. The van der Waals surface area contributed by atoms with E-state index in [0.717, 1.165) is 0 Å². The summed E-state index contributed by atoms with van der Waals surface area (Å²) in [4.78, 5) is 16.8. The minimum absolute atomic E-state index is 0.128. The molecule has 0 aliphatic heterocycles. The van der Waals surface area contributed by atoms with Crippen molar-refractivity contribution in [3.63, 3.8) is 0 Å². The lowest BCUT2D eigenvalue weighted by molar-refractivity contribution is 0.415. The van der Waals surface area contributed by atoms with Crippen molar-refractivity contribution in [2.24, 2.45) is 0 Å². The molecule has 0 unspecified atom stereocenters. The van der Waals surface area contributed by atoms with Gasteiger partial charge in [0.2, 0.25) is 0 Å². The van der Waals surface area contributed by atoms with Crippen molar-refractivity contribution < 1.29 is 13.5 Å². The fourth-order valence-corrected chi connectivity index (χ4v) is 3.64. The van der Waals surface area contributed by atoms with Crippen LogP contribution in [0.15, 0.2) is 85.5 Å². The van der Waals surface area contributed by atoms with Crippen LogP contribution in [0, 0.1) is 11.6 Å². The van der Waals surface area contributed by atoms with E-state index in [1.807, 2.05) is 38.2 Å². The molecule has 5 nitrogen and oxygen atoms in total. The van der Waals surface area contributed by atoms with Gasteiger partial charge in [0, 0.05) is 24.8 Å². The van der Waals surface area contributed by atoms with Crippen LogP contribution in [0.1, 0.15) is 25.0 Å². The van der Waals surface area contributed by atoms with Gasteiger partial charge in [0.15, 0.2) is 34.8 Å². The molecule has 0 spiro atoms. The lowest BCUT2D eigenvalue weighted by Gasteiger charge is -2.15. The van der Waals surface area contributed by atoms with Gasteiger partial charge in [0.05, 0.1) is 11.1 Å². The number of hydrogen-bond donors (Lipinski definition) is 0. The third-order valence-corrected chi connectivity index (χ3v) is 5.33. The molecule has 4 rings (SSSR count). The maximum atomic E-state index is 15.7. The largest absolute Gasteiger partial charge is 0.451 e. The zero-order chi connectivity index (χ0) is 24.6. The average Bonchev–Trinajstić information content (AvgIpc) is 2.89. The summed E-state index contributed by atoms with van der Waals surface area (Å²) >= 11 is 0. The fourth-order valence-electron chi connectivity index (χ4n) is 3.64. The van der Waals surface area contributed by atoms with Crippen molar-refractivity contribution in [1.29, 1.82) is 0 Å². The Morgan fingerprint density at radius 3 is 1.43 bits per heavy atom. The number of nitrogens with zero attached hydrogens (tertiary/aromatic N) is 4. The molecule has 2 heterocycles. The van der Waals surface area contributed by atoms with Gasteiger partial charge in [0.25, 0.3) is 0 Å². The molecule has 2 aromatic heterocycles. The Kier molecular flexibility index (Phi) is 7.67. The summed E-state index contributed by atoms with van der Waals surface area (Å²) in [6.45, 7) is 3.78. The summed E-state index contributed by atoms with van der Waals surface area (Å²) < 4.78 is 37.3. The monoisotopic (exact) mass is 470 g/mol. The molecule has 2 aromatic carbocycles. The molecule has 0 fully saturated rings. The molecular weight excluding hydrogens is 446 g/mol. The van der Waals surface area contributed by atoms with Gasteiger partial charge in [-0.1, -0.05) is 36.4 Å². The Hall–Kier alpha value is -4.26. The molecule has 0 saturated carbocycles. The van der Waals surface area contributed by atoms with Gasteiger partial charge in [-0.3, -0.25) is 0 Å². The predicted molar refractivity (Wildman–Crippen MR) is 132 cm³/mol. The Bertz CT molecular complexity index is 1250. The van der Waals surface area contributed by atoms with Crippen molar-refractivity contribution in [1.82, 2.24) is 19.9 Å². The Morgan fingerprint density at radius 1 is 0.657 bits per heavy atom. The summed E-state index contributed by atoms with van der Waals surface area (Å²) in [6.07, 6.45) is 14.8. The van der Waals surface area contributed by atoms with E-state index in [4.69, 9.17) is 4.74 Å². The first-order chi connectivity index (χ1) is 17.1. The van der Waals surface area contributed by atoms with Crippen LogP contribution in [0.2, 0.25) is 0 Å². The van der Waals surface area contributed by atoms with Gasteiger partial charge in [0.1, 0.15) is 0 Å². The van der Waals surface area contributed by atoms with Gasteiger partial charge < -0.3 is 4.74 Å². The molecule has 0 saturated heterocycles. The van der Waals surface area contributed by atoms with Gasteiger partial charge >= 0.3 is 0 Å².